The minimum atomic E-state index is -1.68. The summed E-state index contributed by atoms with van der Waals surface area (Å²) in [5, 5.41) is 0.247. The van der Waals surface area contributed by atoms with E-state index >= 15 is 0 Å². The molecule has 21 heavy (non-hydrogen) atoms. The molecule has 0 aliphatic rings. The van der Waals surface area contributed by atoms with Crippen molar-refractivity contribution in [3.05, 3.63) is 12.2 Å². The molecule has 124 valence electrons. The van der Waals surface area contributed by atoms with Gasteiger partial charge in [-0.2, -0.15) is 0 Å². The number of allylic oxidation sites excluding steroid dienone is 1. The Bertz CT molecular complexity index is 342. The Morgan fingerprint density at radius 1 is 1.19 bits per heavy atom. The van der Waals surface area contributed by atoms with Crippen LogP contribution >= 0.6 is 0 Å². The summed E-state index contributed by atoms with van der Waals surface area (Å²) in [6.45, 7) is 17.9. The largest absolute Gasteiger partial charge is 0.463 e. The van der Waals surface area contributed by atoms with Gasteiger partial charge in [-0.3, -0.25) is 0 Å². The minimum absolute atomic E-state index is 0.247. The first-order valence-corrected chi connectivity index (χ1v) is 10.9. The molecular formula is C17H34O3Si. The Hall–Kier alpha value is -0.613. The number of hydrogen-bond acceptors (Lipinski definition) is 3. The van der Waals surface area contributed by atoms with E-state index in [-0.39, 0.29) is 17.1 Å². The summed E-state index contributed by atoms with van der Waals surface area (Å²) in [6, 6.07) is 0. The second-order valence-electron chi connectivity index (χ2n) is 7.35. The van der Waals surface area contributed by atoms with Gasteiger partial charge in [-0.15, -0.1) is 0 Å². The van der Waals surface area contributed by atoms with Gasteiger partial charge >= 0.3 is 5.97 Å². The average Bonchev–Trinajstić information content (AvgIpc) is 2.32. The zero-order valence-electron chi connectivity index (χ0n) is 15.2. The van der Waals surface area contributed by atoms with Crippen LogP contribution in [0.1, 0.15) is 54.4 Å². The lowest BCUT2D eigenvalue weighted by atomic mass is 10.0. The van der Waals surface area contributed by atoms with Gasteiger partial charge in [-0.25, -0.2) is 4.79 Å². The standard InChI is InChI=1S/C17H34O3Si/c1-9-19-16(18)13-11-14(2)10-12-15(3)20-21(7,8)17(4,5)6/h11,13-15H,9-10,12H2,1-8H3/b13-11+/t14-,15-/m1/s1. The summed E-state index contributed by atoms with van der Waals surface area (Å²) in [7, 11) is -1.68. The van der Waals surface area contributed by atoms with Crippen LogP contribution in [0, 0.1) is 5.92 Å². The van der Waals surface area contributed by atoms with Crippen molar-refractivity contribution in [2.24, 2.45) is 5.92 Å². The van der Waals surface area contributed by atoms with Gasteiger partial charge in [-0.05, 0) is 50.7 Å². The third kappa shape index (κ3) is 8.42. The molecule has 0 spiro atoms. The molecule has 0 rings (SSSR count). The highest BCUT2D eigenvalue weighted by Gasteiger charge is 2.38. The fraction of sp³-hybridized carbons (Fsp3) is 0.824. The molecule has 0 aromatic carbocycles. The Balaban J connectivity index is 4.19. The van der Waals surface area contributed by atoms with E-state index in [1.165, 1.54) is 6.08 Å². The maximum absolute atomic E-state index is 11.3. The number of esters is 1. The normalized spacial score (nSPS) is 16.0. The number of rotatable bonds is 8. The van der Waals surface area contributed by atoms with Crippen LogP contribution in [0.3, 0.4) is 0 Å². The van der Waals surface area contributed by atoms with E-state index in [1.54, 1.807) is 0 Å². The van der Waals surface area contributed by atoms with Crippen molar-refractivity contribution >= 4 is 14.3 Å². The molecule has 0 aromatic heterocycles. The van der Waals surface area contributed by atoms with E-state index in [0.29, 0.717) is 12.5 Å². The highest BCUT2D eigenvalue weighted by molar-refractivity contribution is 6.74. The first kappa shape index (κ1) is 20.4. The lowest BCUT2D eigenvalue weighted by Crippen LogP contribution is -2.43. The molecule has 2 atom stereocenters. The molecule has 0 amide bonds. The lowest BCUT2D eigenvalue weighted by Gasteiger charge is -2.38. The van der Waals surface area contributed by atoms with Crippen LogP contribution in [-0.4, -0.2) is 27.0 Å². The highest BCUT2D eigenvalue weighted by Crippen LogP contribution is 2.37. The van der Waals surface area contributed by atoms with Crippen LogP contribution in [0.15, 0.2) is 12.2 Å². The Morgan fingerprint density at radius 2 is 1.76 bits per heavy atom. The number of hydrogen-bond donors (Lipinski definition) is 0. The second kappa shape index (κ2) is 8.74. The van der Waals surface area contributed by atoms with Crippen LogP contribution < -0.4 is 0 Å². The summed E-state index contributed by atoms with van der Waals surface area (Å²) in [5.74, 6) is 0.106. The van der Waals surface area contributed by atoms with Crippen molar-refractivity contribution in [3.8, 4) is 0 Å². The molecule has 0 aliphatic heterocycles. The summed E-state index contributed by atoms with van der Waals surface area (Å²) < 4.78 is 11.2. The van der Waals surface area contributed by atoms with Gasteiger partial charge in [0.25, 0.3) is 0 Å². The van der Waals surface area contributed by atoms with Crippen molar-refractivity contribution in [3.63, 3.8) is 0 Å². The van der Waals surface area contributed by atoms with Gasteiger partial charge in [0.2, 0.25) is 0 Å². The smallest absolute Gasteiger partial charge is 0.330 e. The van der Waals surface area contributed by atoms with Crippen molar-refractivity contribution in [2.75, 3.05) is 6.61 Å². The SMILES string of the molecule is CCOC(=O)/C=C/[C@H](C)CC[C@@H](C)O[Si](C)(C)C(C)(C)C. The van der Waals surface area contributed by atoms with E-state index in [4.69, 9.17) is 9.16 Å². The van der Waals surface area contributed by atoms with Gasteiger partial charge in [0, 0.05) is 12.2 Å². The van der Waals surface area contributed by atoms with Gasteiger partial charge in [0.1, 0.15) is 0 Å². The molecule has 0 unspecified atom stereocenters. The maximum atomic E-state index is 11.3. The summed E-state index contributed by atoms with van der Waals surface area (Å²) in [4.78, 5) is 11.3. The third-order valence-electron chi connectivity index (χ3n) is 4.18. The van der Waals surface area contributed by atoms with Crippen LogP contribution in [0.2, 0.25) is 18.1 Å². The van der Waals surface area contributed by atoms with E-state index in [9.17, 15) is 4.79 Å². The van der Waals surface area contributed by atoms with Gasteiger partial charge in [0.15, 0.2) is 8.32 Å². The number of carbonyl (C=O) groups excluding carboxylic acids is 1. The van der Waals surface area contributed by atoms with Crippen molar-refractivity contribution in [1.29, 1.82) is 0 Å². The quantitative estimate of drug-likeness (QED) is 0.362. The fourth-order valence-electron chi connectivity index (χ4n) is 1.77. The molecule has 0 bridgehead atoms. The topological polar surface area (TPSA) is 35.5 Å². The van der Waals surface area contributed by atoms with Crippen LogP contribution in [0.5, 0.6) is 0 Å². The van der Waals surface area contributed by atoms with Crippen LogP contribution in [0.25, 0.3) is 0 Å². The lowest BCUT2D eigenvalue weighted by molar-refractivity contribution is -0.137. The molecule has 0 N–H and O–H groups in total. The molecule has 0 heterocycles. The Kier molecular flexibility index (Phi) is 8.48. The Labute approximate surface area is 132 Å². The van der Waals surface area contributed by atoms with E-state index in [1.807, 2.05) is 13.0 Å². The number of ether oxygens (including phenoxy) is 1. The summed E-state index contributed by atoms with van der Waals surface area (Å²) >= 11 is 0. The van der Waals surface area contributed by atoms with E-state index in [0.717, 1.165) is 12.8 Å². The van der Waals surface area contributed by atoms with E-state index in [2.05, 4.69) is 47.7 Å². The van der Waals surface area contributed by atoms with Gasteiger partial charge in [0.05, 0.1) is 6.61 Å². The van der Waals surface area contributed by atoms with Gasteiger partial charge in [-0.1, -0.05) is 33.8 Å². The van der Waals surface area contributed by atoms with Gasteiger partial charge < -0.3 is 9.16 Å². The van der Waals surface area contributed by atoms with Crippen LogP contribution in [-0.2, 0) is 14.0 Å². The molecule has 0 radical (unpaired) electrons. The summed E-state index contributed by atoms with van der Waals surface area (Å²) in [6.07, 6.45) is 5.77. The second-order valence-corrected chi connectivity index (χ2v) is 12.1. The Morgan fingerprint density at radius 3 is 2.24 bits per heavy atom. The molecule has 0 saturated heterocycles. The highest BCUT2D eigenvalue weighted by atomic mass is 28.4. The molecule has 0 saturated carbocycles. The zero-order valence-corrected chi connectivity index (χ0v) is 16.2. The molecule has 4 heteroatoms. The van der Waals surface area contributed by atoms with Crippen molar-refractivity contribution in [1.82, 2.24) is 0 Å². The first-order chi connectivity index (χ1) is 9.49. The fourth-order valence-corrected chi connectivity index (χ4v) is 3.24. The van der Waals surface area contributed by atoms with Crippen molar-refractivity contribution < 1.29 is 14.0 Å². The van der Waals surface area contributed by atoms with Crippen molar-refractivity contribution in [2.45, 2.75) is 78.6 Å². The molecule has 0 aliphatic carbocycles. The predicted molar refractivity (Wildman–Crippen MR) is 91.9 cm³/mol. The third-order valence-corrected chi connectivity index (χ3v) is 8.78. The molecule has 0 fully saturated rings. The molecule has 0 aromatic rings. The molecular weight excluding hydrogens is 280 g/mol. The van der Waals surface area contributed by atoms with Crippen LogP contribution in [0.4, 0.5) is 0 Å². The minimum Gasteiger partial charge on any atom is -0.463 e. The predicted octanol–water partition coefficient (Wildman–Crippen LogP) is 4.93. The zero-order chi connectivity index (χ0) is 16.7. The summed E-state index contributed by atoms with van der Waals surface area (Å²) in [5.41, 5.74) is 0. The maximum Gasteiger partial charge on any atom is 0.330 e. The average molecular weight is 315 g/mol. The first-order valence-electron chi connectivity index (χ1n) is 8.02. The van der Waals surface area contributed by atoms with E-state index < -0.39 is 8.32 Å². The number of carbonyl (C=O) groups is 1. The molecule has 3 nitrogen and oxygen atoms in total. The monoisotopic (exact) mass is 314 g/mol.